The molecule has 1 aliphatic heterocycles. The average Bonchev–Trinajstić information content (AvgIpc) is 2.96. The number of anilines is 2. The molecule has 2 aromatic rings. The molecular weight excluding hydrogens is 271 g/mol. The number of hydrogen-bond acceptors (Lipinski definition) is 3. The van der Waals surface area contributed by atoms with E-state index >= 15 is 0 Å². The van der Waals surface area contributed by atoms with Crippen molar-refractivity contribution >= 4 is 17.3 Å². The van der Waals surface area contributed by atoms with Crippen molar-refractivity contribution in [3.05, 3.63) is 53.3 Å². The predicted octanol–water partition coefficient (Wildman–Crippen LogP) is 3.05. The molecule has 108 valence electrons. The number of carbonyl (C=O) groups is 1. The Bertz CT molecular complexity index is 701. The zero-order valence-corrected chi connectivity index (χ0v) is 11.6. The Morgan fingerprint density at radius 3 is 2.95 bits per heavy atom. The van der Waals surface area contributed by atoms with Crippen LogP contribution in [0.3, 0.4) is 0 Å². The molecule has 0 aliphatic carbocycles. The second-order valence-corrected chi connectivity index (χ2v) is 4.85. The topological polar surface area (TPSA) is 50.4 Å². The summed E-state index contributed by atoms with van der Waals surface area (Å²) in [7, 11) is 1.43. The maximum absolute atomic E-state index is 13.1. The summed E-state index contributed by atoms with van der Waals surface area (Å²) in [5.74, 6) is -0.370. The molecule has 0 saturated carbocycles. The molecule has 1 aliphatic rings. The van der Waals surface area contributed by atoms with Crippen LogP contribution in [0.2, 0.25) is 0 Å². The van der Waals surface area contributed by atoms with E-state index in [0.717, 1.165) is 18.7 Å². The van der Waals surface area contributed by atoms with Gasteiger partial charge in [0.05, 0.1) is 12.8 Å². The highest BCUT2D eigenvalue weighted by atomic mass is 19.1. The second kappa shape index (κ2) is 5.44. The lowest BCUT2D eigenvalue weighted by Crippen LogP contribution is -2.13. The zero-order chi connectivity index (χ0) is 14.8. The Kier molecular flexibility index (Phi) is 3.48. The number of fused-ring (bicyclic) bond motifs is 1. The molecule has 0 atom stereocenters. The summed E-state index contributed by atoms with van der Waals surface area (Å²) in [5, 5.41) is 5.97. The first-order valence-electron chi connectivity index (χ1n) is 6.69. The van der Waals surface area contributed by atoms with E-state index < -0.39 is 5.82 Å². The smallest absolute Gasteiger partial charge is 0.255 e. The van der Waals surface area contributed by atoms with Crippen molar-refractivity contribution < 1.29 is 13.9 Å². The lowest BCUT2D eigenvalue weighted by molar-refractivity contribution is 0.102. The fourth-order valence-corrected chi connectivity index (χ4v) is 2.39. The zero-order valence-electron chi connectivity index (χ0n) is 11.6. The standard InChI is InChI=1S/C16H15FN2O2/c1-21-15-9-12(17)4-5-13(15)19-16(20)11-3-2-10-6-7-18-14(10)8-11/h2-5,8-9,18H,6-7H2,1H3,(H,19,20). The number of rotatable bonds is 3. The molecule has 4 nitrogen and oxygen atoms in total. The minimum Gasteiger partial charge on any atom is -0.494 e. The number of ether oxygens (including phenoxy) is 1. The van der Waals surface area contributed by atoms with E-state index in [1.807, 2.05) is 12.1 Å². The highest BCUT2D eigenvalue weighted by Crippen LogP contribution is 2.27. The predicted molar refractivity (Wildman–Crippen MR) is 79.5 cm³/mol. The molecule has 21 heavy (non-hydrogen) atoms. The summed E-state index contributed by atoms with van der Waals surface area (Å²) in [6.45, 7) is 0.895. The van der Waals surface area contributed by atoms with E-state index in [1.165, 1.54) is 30.9 Å². The van der Waals surface area contributed by atoms with E-state index in [2.05, 4.69) is 10.6 Å². The van der Waals surface area contributed by atoms with Gasteiger partial charge in [-0.2, -0.15) is 0 Å². The van der Waals surface area contributed by atoms with E-state index in [1.54, 1.807) is 6.07 Å². The number of nitrogens with one attached hydrogen (secondary N) is 2. The first kappa shape index (κ1) is 13.4. The van der Waals surface area contributed by atoms with Gasteiger partial charge in [-0.05, 0) is 36.2 Å². The largest absolute Gasteiger partial charge is 0.494 e. The molecule has 0 saturated heterocycles. The number of amides is 1. The van der Waals surface area contributed by atoms with Crippen LogP contribution >= 0.6 is 0 Å². The third kappa shape index (κ3) is 2.67. The monoisotopic (exact) mass is 286 g/mol. The van der Waals surface area contributed by atoms with Gasteiger partial charge in [-0.25, -0.2) is 4.39 Å². The normalized spacial score (nSPS) is 12.5. The van der Waals surface area contributed by atoms with Gasteiger partial charge in [0.15, 0.2) is 0 Å². The van der Waals surface area contributed by atoms with Crippen LogP contribution in [0.1, 0.15) is 15.9 Å². The highest BCUT2D eigenvalue weighted by Gasteiger charge is 2.15. The van der Waals surface area contributed by atoms with Gasteiger partial charge in [0.2, 0.25) is 0 Å². The molecule has 1 heterocycles. The number of hydrogen-bond donors (Lipinski definition) is 2. The lowest BCUT2D eigenvalue weighted by Gasteiger charge is -2.11. The van der Waals surface area contributed by atoms with Gasteiger partial charge in [0, 0.05) is 23.9 Å². The van der Waals surface area contributed by atoms with Gasteiger partial charge >= 0.3 is 0 Å². The molecule has 2 aromatic carbocycles. The highest BCUT2D eigenvalue weighted by molar-refractivity contribution is 6.05. The molecule has 0 unspecified atom stereocenters. The van der Waals surface area contributed by atoms with Crippen LogP contribution in [0.4, 0.5) is 15.8 Å². The van der Waals surface area contributed by atoms with Crippen LogP contribution < -0.4 is 15.4 Å². The Morgan fingerprint density at radius 2 is 2.14 bits per heavy atom. The van der Waals surface area contributed by atoms with Crippen LogP contribution in [0.25, 0.3) is 0 Å². The molecular formula is C16H15FN2O2. The van der Waals surface area contributed by atoms with Crippen molar-refractivity contribution in [1.82, 2.24) is 0 Å². The molecule has 5 heteroatoms. The van der Waals surface area contributed by atoms with Crippen molar-refractivity contribution in [2.24, 2.45) is 0 Å². The Balaban J connectivity index is 1.83. The number of carbonyl (C=O) groups excluding carboxylic acids is 1. The van der Waals surface area contributed by atoms with Crippen LogP contribution in [-0.2, 0) is 6.42 Å². The van der Waals surface area contributed by atoms with Gasteiger partial charge in [0.25, 0.3) is 5.91 Å². The summed E-state index contributed by atoms with van der Waals surface area (Å²) in [5.41, 5.74) is 3.20. The first-order chi connectivity index (χ1) is 10.2. The quantitative estimate of drug-likeness (QED) is 0.911. The van der Waals surface area contributed by atoms with Gasteiger partial charge < -0.3 is 15.4 Å². The van der Waals surface area contributed by atoms with Gasteiger partial charge in [0.1, 0.15) is 11.6 Å². The van der Waals surface area contributed by atoms with Crippen LogP contribution in [0.5, 0.6) is 5.75 Å². The van der Waals surface area contributed by atoms with Crippen molar-refractivity contribution in [3.8, 4) is 5.75 Å². The van der Waals surface area contributed by atoms with Gasteiger partial charge in [-0.3, -0.25) is 4.79 Å². The van der Waals surface area contributed by atoms with Crippen molar-refractivity contribution in [2.45, 2.75) is 6.42 Å². The fourth-order valence-electron chi connectivity index (χ4n) is 2.39. The van der Waals surface area contributed by atoms with E-state index in [9.17, 15) is 9.18 Å². The summed E-state index contributed by atoms with van der Waals surface area (Å²) in [6.07, 6.45) is 0.975. The Hall–Kier alpha value is -2.56. The second-order valence-electron chi connectivity index (χ2n) is 4.85. The van der Waals surface area contributed by atoms with Crippen molar-refractivity contribution in [1.29, 1.82) is 0 Å². The average molecular weight is 286 g/mol. The molecule has 0 aromatic heterocycles. The number of benzene rings is 2. The van der Waals surface area contributed by atoms with Crippen molar-refractivity contribution in [3.63, 3.8) is 0 Å². The Labute approximate surface area is 121 Å². The minimum atomic E-state index is -0.411. The summed E-state index contributed by atoms with van der Waals surface area (Å²) >= 11 is 0. The third-order valence-corrected chi connectivity index (χ3v) is 3.49. The summed E-state index contributed by atoms with van der Waals surface area (Å²) < 4.78 is 18.2. The summed E-state index contributed by atoms with van der Waals surface area (Å²) in [4.78, 5) is 12.3. The number of halogens is 1. The first-order valence-corrected chi connectivity index (χ1v) is 6.69. The van der Waals surface area contributed by atoms with Gasteiger partial charge in [-0.15, -0.1) is 0 Å². The minimum absolute atomic E-state index is 0.253. The van der Waals surface area contributed by atoms with Crippen LogP contribution in [0.15, 0.2) is 36.4 Å². The molecule has 0 fully saturated rings. The van der Waals surface area contributed by atoms with E-state index in [4.69, 9.17) is 4.74 Å². The maximum Gasteiger partial charge on any atom is 0.255 e. The molecule has 0 radical (unpaired) electrons. The number of methoxy groups -OCH3 is 1. The molecule has 3 rings (SSSR count). The van der Waals surface area contributed by atoms with Gasteiger partial charge in [-0.1, -0.05) is 6.07 Å². The lowest BCUT2D eigenvalue weighted by atomic mass is 10.1. The fraction of sp³-hybridized carbons (Fsp3) is 0.188. The van der Waals surface area contributed by atoms with Crippen molar-refractivity contribution in [2.75, 3.05) is 24.3 Å². The van der Waals surface area contributed by atoms with E-state index in [-0.39, 0.29) is 5.91 Å². The summed E-state index contributed by atoms with van der Waals surface area (Å²) in [6, 6.07) is 9.57. The maximum atomic E-state index is 13.1. The molecule has 1 amide bonds. The molecule has 0 spiro atoms. The Morgan fingerprint density at radius 1 is 1.29 bits per heavy atom. The molecule has 0 bridgehead atoms. The molecule has 2 N–H and O–H groups in total. The van der Waals surface area contributed by atoms with Crippen LogP contribution in [0, 0.1) is 5.82 Å². The third-order valence-electron chi connectivity index (χ3n) is 3.49. The van der Waals surface area contributed by atoms with E-state index in [0.29, 0.717) is 17.0 Å². The SMILES string of the molecule is COc1cc(F)ccc1NC(=O)c1ccc2c(c1)NCC2. The van der Waals surface area contributed by atoms with Crippen LogP contribution in [-0.4, -0.2) is 19.6 Å².